The van der Waals surface area contributed by atoms with Gasteiger partial charge < -0.3 is 9.84 Å². The van der Waals surface area contributed by atoms with Gasteiger partial charge in [0.05, 0.1) is 16.4 Å². The summed E-state index contributed by atoms with van der Waals surface area (Å²) in [5.41, 5.74) is 0.719. The Morgan fingerprint density at radius 2 is 2.11 bits per heavy atom. The van der Waals surface area contributed by atoms with E-state index < -0.39 is 6.10 Å². The average Bonchev–Trinajstić information content (AvgIpc) is 2.79. The van der Waals surface area contributed by atoms with Crippen molar-refractivity contribution in [3.05, 3.63) is 45.7 Å². The third-order valence-electron chi connectivity index (χ3n) is 2.67. The van der Waals surface area contributed by atoms with Gasteiger partial charge in [0.2, 0.25) is 0 Å². The second-order valence-electron chi connectivity index (χ2n) is 3.97. The molecule has 0 saturated heterocycles. The van der Waals surface area contributed by atoms with Crippen LogP contribution in [0, 0.1) is 0 Å². The van der Waals surface area contributed by atoms with Crippen LogP contribution in [0.1, 0.15) is 18.7 Å². The second kappa shape index (κ2) is 6.41. The minimum absolute atomic E-state index is 0.159. The molecule has 6 heteroatoms. The summed E-state index contributed by atoms with van der Waals surface area (Å²) in [6.45, 7) is 2.82. The molecule has 0 aliphatic heterocycles. The van der Waals surface area contributed by atoms with Gasteiger partial charge in [-0.1, -0.05) is 11.6 Å². The molecule has 1 unspecified atom stereocenters. The van der Waals surface area contributed by atoms with Crippen molar-refractivity contribution in [3.63, 3.8) is 0 Å². The van der Waals surface area contributed by atoms with Crippen molar-refractivity contribution in [2.75, 3.05) is 6.61 Å². The van der Waals surface area contributed by atoms with Crippen molar-refractivity contribution in [2.24, 2.45) is 0 Å². The lowest BCUT2D eigenvalue weighted by molar-refractivity contribution is 0.0996. The van der Waals surface area contributed by atoms with Crippen molar-refractivity contribution < 1.29 is 9.84 Å². The fourth-order valence-corrected chi connectivity index (χ4v) is 2.43. The Morgan fingerprint density at radius 1 is 1.42 bits per heavy atom. The van der Waals surface area contributed by atoms with Gasteiger partial charge in [0.25, 0.3) is 0 Å². The number of ether oxygens (including phenoxy) is 1. The topological polar surface area (TPSA) is 47.3 Å². The molecule has 0 aliphatic rings. The van der Waals surface area contributed by atoms with Crippen molar-refractivity contribution in [1.29, 1.82) is 0 Å². The predicted octanol–water partition coefficient (Wildman–Crippen LogP) is 3.43. The van der Waals surface area contributed by atoms with Gasteiger partial charge in [-0.2, -0.15) is 5.10 Å². The summed E-state index contributed by atoms with van der Waals surface area (Å²) in [6, 6.07) is 7.02. The molecule has 4 nitrogen and oxygen atoms in total. The summed E-state index contributed by atoms with van der Waals surface area (Å²) in [6.07, 6.45) is 0.928. The highest BCUT2D eigenvalue weighted by atomic mass is 79.9. The van der Waals surface area contributed by atoms with E-state index in [1.165, 1.54) is 0 Å². The largest absolute Gasteiger partial charge is 0.490 e. The number of rotatable bonds is 5. The Labute approximate surface area is 125 Å². The molecule has 0 bridgehead atoms. The fraction of sp³-hybridized carbons (Fsp3) is 0.308. The molecule has 0 spiro atoms. The minimum atomic E-state index is -0.743. The van der Waals surface area contributed by atoms with E-state index in [0.717, 1.165) is 10.2 Å². The summed E-state index contributed by atoms with van der Waals surface area (Å²) in [5, 5.41) is 15.0. The van der Waals surface area contributed by atoms with E-state index >= 15 is 0 Å². The van der Waals surface area contributed by atoms with Crippen LogP contribution in [0.5, 0.6) is 5.75 Å². The number of hydrogen-bond acceptors (Lipinski definition) is 3. The van der Waals surface area contributed by atoms with Crippen molar-refractivity contribution in [2.45, 2.75) is 19.6 Å². The third-order valence-corrected chi connectivity index (χ3v) is 3.53. The number of aliphatic hydroxyl groups is 1. The molecule has 1 N–H and O–H groups in total. The zero-order valence-corrected chi connectivity index (χ0v) is 12.7. The zero-order valence-electron chi connectivity index (χ0n) is 10.4. The van der Waals surface area contributed by atoms with Crippen molar-refractivity contribution in [3.8, 4) is 5.75 Å². The van der Waals surface area contributed by atoms with Crippen LogP contribution in [0.15, 0.2) is 34.9 Å². The van der Waals surface area contributed by atoms with Gasteiger partial charge in [-0.05, 0) is 47.1 Å². The molecule has 1 aromatic heterocycles. The van der Waals surface area contributed by atoms with Crippen LogP contribution in [-0.2, 0) is 6.54 Å². The van der Waals surface area contributed by atoms with Crippen molar-refractivity contribution in [1.82, 2.24) is 9.78 Å². The molecule has 0 saturated carbocycles. The number of nitrogens with zero attached hydrogens (tertiary/aromatic N) is 2. The fourth-order valence-electron chi connectivity index (χ4n) is 1.74. The summed E-state index contributed by atoms with van der Waals surface area (Å²) in [4.78, 5) is 0. The predicted molar refractivity (Wildman–Crippen MR) is 77.5 cm³/mol. The van der Waals surface area contributed by atoms with Crippen LogP contribution >= 0.6 is 27.5 Å². The highest BCUT2D eigenvalue weighted by Crippen LogP contribution is 2.24. The Kier molecular flexibility index (Phi) is 4.85. The first kappa shape index (κ1) is 14.4. The quantitative estimate of drug-likeness (QED) is 0.903. The average molecular weight is 346 g/mol. The van der Waals surface area contributed by atoms with Crippen molar-refractivity contribution >= 4 is 27.5 Å². The monoisotopic (exact) mass is 344 g/mol. The first-order chi connectivity index (χ1) is 9.11. The second-order valence-corrected chi connectivity index (χ2v) is 5.27. The lowest BCUT2D eigenvalue weighted by atomic mass is 10.2. The number of aromatic nitrogens is 2. The van der Waals surface area contributed by atoms with Crippen LogP contribution in [0.2, 0.25) is 5.02 Å². The van der Waals surface area contributed by atoms with E-state index in [0.29, 0.717) is 17.3 Å². The van der Waals surface area contributed by atoms with Crippen LogP contribution in [0.25, 0.3) is 0 Å². The van der Waals surface area contributed by atoms with E-state index in [9.17, 15) is 5.11 Å². The summed E-state index contributed by atoms with van der Waals surface area (Å²) >= 11 is 9.17. The molecule has 1 heterocycles. The Morgan fingerprint density at radius 3 is 2.74 bits per heavy atom. The Bertz CT molecular complexity index is 542. The molecule has 1 aromatic carbocycles. The Hall–Kier alpha value is -1.04. The standard InChI is InChI=1S/C13H14BrClN2O2/c1-2-17-13(11(14)7-16-17)12(18)8-19-10-5-3-9(15)4-6-10/h3-7,12,18H,2,8H2,1H3. The van der Waals surface area contributed by atoms with E-state index in [-0.39, 0.29) is 6.61 Å². The first-order valence-electron chi connectivity index (χ1n) is 5.89. The van der Waals surface area contributed by atoms with Gasteiger partial charge in [0.1, 0.15) is 18.5 Å². The zero-order chi connectivity index (χ0) is 13.8. The first-order valence-corrected chi connectivity index (χ1v) is 7.06. The number of aliphatic hydroxyl groups excluding tert-OH is 1. The van der Waals surface area contributed by atoms with E-state index in [1.54, 1.807) is 35.1 Å². The van der Waals surface area contributed by atoms with E-state index in [1.807, 2.05) is 6.92 Å². The molecule has 19 heavy (non-hydrogen) atoms. The molecule has 0 aliphatic carbocycles. The van der Waals surface area contributed by atoms with Gasteiger partial charge in [-0.3, -0.25) is 4.68 Å². The SMILES string of the molecule is CCn1ncc(Br)c1C(O)COc1ccc(Cl)cc1. The number of benzene rings is 1. The number of hydrogen-bond donors (Lipinski definition) is 1. The summed E-state index contributed by atoms with van der Waals surface area (Å²) in [5.74, 6) is 0.669. The minimum Gasteiger partial charge on any atom is -0.490 e. The van der Waals surface area contributed by atoms with E-state index in [2.05, 4.69) is 21.0 Å². The molecule has 2 rings (SSSR count). The highest BCUT2D eigenvalue weighted by Gasteiger charge is 2.17. The molecule has 0 fully saturated rings. The molecule has 0 amide bonds. The van der Waals surface area contributed by atoms with Gasteiger partial charge in [0, 0.05) is 11.6 Å². The van der Waals surface area contributed by atoms with Gasteiger partial charge in [0.15, 0.2) is 0 Å². The maximum Gasteiger partial charge on any atom is 0.131 e. The third kappa shape index (κ3) is 3.49. The van der Waals surface area contributed by atoms with Crippen LogP contribution in [0.4, 0.5) is 0 Å². The molecule has 1 atom stereocenters. The van der Waals surface area contributed by atoms with Crippen LogP contribution in [0.3, 0.4) is 0 Å². The maximum absolute atomic E-state index is 10.2. The Balaban J connectivity index is 2.03. The lowest BCUT2D eigenvalue weighted by Gasteiger charge is -2.14. The molecule has 102 valence electrons. The van der Waals surface area contributed by atoms with Gasteiger partial charge in [-0.25, -0.2) is 0 Å². The van der Waals surface area contributed by atoms with Crippen LogP contribution < -0.4 is 4.74 Å². The number of halogens is 2. The highest BCUT2D eigenvalue weighted by molar-refractivity contribution is 9.10. The molecule has 2 aromatic rings. The molecular weight excluding hydrogens is 332 g/mol. The normalized spacial score (nSPS) is 12.4. The maximum atomic E-state index is 10.2. The van der Waals surface area contributed by atoms with Crippen LogP contribution in [-0.4, -0.2) is 21.5 Å². The van der Waals surface area contributed by atoms with E-state index in [4.69, 9.17) is 16.3 Å². The smallest absolute Gasteiger partial charge is 0.131 e. The summed E-state index contributed by atoms with van der Waals surface area (Å²) < 4.78 is 8.05. The van der Waals surface area contributed by atoms with Gasteiger partial charge in [-0.15, -0.1) is 0 Å². The molecule has 0 radical (unpaired) electrons. The number of aryl methyl sites for hydroxylation is 1. The summed E-state index contributed by atoms with van der Waals surface area (Å²) in [7, 11) is 0. The molecular formula is C13H14BrClN2O2. The lowest BCUT2D eigenvalue weighted by Crippen LogP contribution is -2.15. The van der Waals surface area contributed by atoms with Gasteiger partial charge >= 0.3 is 0 Å².